The molecule has 4 heteroatoms. The molecule has 0 N–H and O–H groups in total. The molecule has 0 unspecified atom stereocenters. The molecule has 0 fully saturated rings. The Bertz CT molecular complexity index is 2950. The summed E-state index contributed by atoms with van der Waals surface area (Å²) < 4.78 is 2.58. The van der Waals surface area contributed by atoms with Gasteiger partial charge in [-0.2, -0.15) is 0 Å². The number of benzene rings is 7. The summed E-state index contributed by atoms with van der Waals surface area (Å²) in [5.74, 6) is 0.679. The number of pyridine rings is 1. The molecule has 0 spiro atoms. The highest BCUT2D eigenvalue weighted by atomic mass is 32.1. The molecule has 53 heavy (non-hydrogen) atoms. The second-order valence-corrected chi connectivity index (χ2v) is 14.3. The molecule has 0 bridgehead atoms. The van der Waals surface area contributed by atoms with Gasteiger partial charge in [0.15, 0.2) is 5.82 Å². The predicted octanol–water partition coefficient (Wildman–Crippen LogP) is 13.4. The molecule has 10 rings (SSSR count). The summed E-state index contributed by atoms with van der Waals surface area (Å²) >= 11 is 1.86. The van der Waals surface area contributed by atoms with Crippen LogP contribution in [0.15, 0.2) is 188 Å². The van der Waals surface area contributed by atoms with E-state index in [4.69, 9.17) is 15.0 Å². The normalized spacial score (nSPS) is 11.4. The number of hydrogen-bond acceptors (Lipinski definition) is 4. The molecule has 0 atom stereocenters. The van der Waals surface area contributed by atoms with Crippen molar-refractivity contribution < 1.29 is 0 Å². The van der Waals surface area contributed by atoms with Crippen molar-refractivity contribution in [3.05, 3.63) is 188 Å². The highest BCUT2D eigenvalue weighted by Gasteiger charge is 2.18. The smallest absolute Gasteiger partial charge is 0.160 e. The predicted molar refractivity (Wildman–Crippen MR) is 223 cm³/mol. The van der Waals surface area contributed by atoms with Gasteiger partial charge in [-0.15, -0.1) is 11.3 Å². The van der Waals surface area contributed by atoms with Gasteiger partial charge in [0.1, 0.15) is 0 Å². The Balaban J connectivity index is 1.23. The van der Waals surface area contributed by atoms with E-state index in [2.05, 4.69) is 146 Å². The van der Waals surface area contributed by atoms with Crippen LogP contribution in [-0.2, 0) is 0 Å². The summed E-state index contributed by atoms with van der Waals surface area (Å²) in [5.41, 5.74) is 11.3. The van der Waals surface area contributed by atoms with Gasteiger partial charge in [0.05, 0.1) is 17.1 Å². The van der Waals surface area contributed by atoms with E-state index in [1.54, 1.807) is 0 Å². The minimum atomic E-state index is 0.679. The van der Waals surface area contributed by atoms with Crippen LogP contribution in [0.25, 0.3) is 98.4 Å². The molecule has 0 aliphatic rings. The minimum Gasteiger partial charge on any atom is -0.256 e. The van der Waals surface area contributed by atoms with Crippen LogP contribution in [0.1, 0.15) is 0 Å². The molecule has 0 radical (unpaired) electrons. The molecule has 3 aromatic heterocycles. The lowest BCUT2D eigenvalue weighted by Gasteiger charge is -2.15. The van der Waals surface area contributed by atoms with E-state index in [1.807, 2.05) is 53.9 Å². The van der Waals surface area contributed by atoms with Crippen molar-refractivity contribution in [3.8, 4) is 67.4 Å². The van der Waals surface area contributed by atoms with Crippen LogP contribution < -0.4 is 0 Å². The number of nitrogens with zero attached hydrogens (tertiary/aromatic N) is 3. The van der Waals surface area contributed by atoms with E-state index < -0.39 is 0 Å². The number of rotatable bonds is 6. The van der Waals surface area contributed by atoms with Gasteiger partial charge in [0.2, 0.25) is 0 Å². The SMILES string of the molecule is c1ccc(-c2nc(-c3cc(-c4ccc5ccccc5c4)cc(-c4cccc5c4sc4ccccc45)c3)cc(-c3ccccc3-c3ccccn3)n2)cc1. The van der Waals surface area contributed by atoms with Crippen LogP contribution in [0.2, 0.25) is 0 Å². The molecule has 0 amide bonds. The second-order valence-electron chi connectivity index (χ2n) is 13.2. The van der Waals surface area contributed by atoms with Gasteiger partial charge in [0.25, 0.3) is 0 Å². The highest BCUT2D eigenvalue weighted by Crippen LogP contribution is 2.43. The molecule has 0 saturated heterocycles. The minimum absolute atomic E-state index is 0.679. The summed E-state index contributed by atoms with van der Waals surface area (Å²) in [6.07, 6.45) is 1.84. The van der Waals surface area contributed by atoms with E-state index in [9.17, 15) is 0 Å². The molecule has 7 aromatic carbocycles. The quantitative estimate of drug-likeness (QED) is 0.174. The van der Waals surface area contributed by atoms with Crippen molar-refractivity contribution in [2.75, 3.05) is 0 Å². The molecule has 3 nitrogen and oxygen atoms in total. The largest absolute Gasteiger partial charge is 0.256 e. The van der Waals surface area contributed by atoms with Crippen LogP contribution in [0, 0.1) is 0 Å². The van der Waals surface area contributed by atoms with E-state index in [0.717, 1.165) is 56.0 Å². The van der Waals surface area contributed by atoms with Gasteiger partial charge < -0.3 is 0 Å². The van der Waals surface area contributed by atoms with E-state index in [0.29, 0.717) is 5.82 Å². The lowest BCUT2D eigenvalue weighted by molar-refractivity contribution is 1.18. The molecule has 0 saturated carbocycles. The van der Waals surface area contributed by atoms with Crippen LogP contribution >= 0.6 is 11.3 Å². The molecule has 3 heterocycles. The van der Waals surface area contributed by atoms with Crippen molar-refractivity contribution in [1.82, 2.24) is 15.0 Å². The number of hydrogen-bond donors (Lipinski definition) is 0. The summed E-state index contributed by atoms with van der Waals surface area (Å²) in [4.78, 5) is 15.2. The Morgan fingerprint density at radius 2 is 1.04 bits per heavy atom. The maximum absolute atomic E-state index is 5.29. The van der Waals surface area contributed by atoms with Gasteiger partial charge >= 0.3 is 0 Å². The zero-order valence-corrected chi connectivity index (χ0v) is 29.5. The lowest BCUT2D eigenvalue weighted by Crippen LogP contribution is -1.98. The monoisotopic (exact) mass is 693 g/mol. The third-order valence-electron chi connectivity index (χ3n) is 9.93. The summed E-state index contributed by atoms with van der Waals surface area (Å²) in [6, 6.07) is 64.4. The fourth-order valence-electron chi connectivity index (χ4n) is 7.34. The van der Waals surface area contributed by atoms with E-state index >= 15 is 0 Å². The Morgan fingerprint density at radius 1 is 0.358 bits per heavy atom. The molecular formula is C49H31N3S. The number of thiophene rings is 1. The van der Waals surface area contributed by atoms with Crippen LogP contribution in [0.5, 0.6) is 0 Å². The fourth-order valence-corrected chi connectivity index (χ4v) is 8.58. The van der Waals surface area contributed by atoms with Gasteiger partial charge in [-0.25, -0.2) is 9.97 Å². The van der Waals surface area contributed by atoms with Crippen LogP contribution in [-0.4, -0.2) is 15.0 Å². The second kappa shape index (κ2) is 13.1. The first-order chi connectivity index (χ1) is 26.2. The zero-order valence-electron chi connectivity index (χ0n) is 28.6. The standard InChI is InChI=1S/C49H31N3S/c1-2-14-33(15-3-1)49-51-45(31-46(52-49)41-18-7-6-17-40(41)44-22-10-11-26-50-44)38-29-36(35-25-24-32-13-4-5-16-34(32)27-35)28-37(30-38)39-20-12-21-43-42-19-8-9-23-47(42)53-48(39)43/h1-31H. The molecule has 10 aromatic rings. The van der Waals surface area contributed by atoms with Gasteiger partial charge in [-0.3, -0.25) is 4.98 Å². The fraction of sp³-hybridized carbons (Fsp3) is 0. The summed E-state index contributed by atoms with van der Waals surface area (Å²) in [5, 5.41) is 5.01. The Labute approximate surface area is 311 Å². The first kappa shape index (κ1) is 31.0. The molecular weight excluding hydrogens is 663 g/mol. The van der Waals surface area contributed by atoms with Crippen molar-refractivity contribution in [3.63, 3.8) is 0 Å². The summed E-state index contributed by atoms with van der Waals surface area (Å²) in [6.45, 7) is 0. The topological polar surface area (TPSA) is 38.7 Å². The van der Waals surface area contributed by atoms with E-state index in [1.165, 1.54) is 36.5 Å². The van der Waals surface area contributed by atoms with Crippen LogP contribution in [0.4, 0.5) is 0 Å². The van der Waals surface area contributed by atoms with Gasteiger partial charge in [-0.1, -0.05) is 133 Å². The Morgan fingerprint density at radius 3 is 1.91 bits per heavy atom. The third kappa shape index (κ3) is 5.76. The molecule has 0 aliphatic heterocycles. The van der Waals surface area contributed by atoms with Crippen molar-refractivity contribution >= 4 is 42.3 Å². The van der Waals surface area contributed by atoms with Crippen LogP contribution in [0.3, 0.4) is 0 Å². The molecule has 0 aliphatic carbocycles. The van der Waals surface area contributed by atoms with E-state index in [-0.39, 0.29) is 0 Å². The first-order valence-corrected chi connectivity index (χ1v) is 18.6. The Hall–Kier alpha value is -6.75. The number of fused-ring (bicyclic) bond motifs is 4. The summed E-state index contributed by atoms with van der Waals surface area (Å²) in [7, 11) is 0. The average molecular weight is 694 g/mol. The first-order valence-electron chi connectivity index (χ1n) is 17.8. The zero-order chi connectivity index (χ0) is 35.1. The maximum atomic E-state index is 5.29. The van der Waals surface area contributed by atoms with Gasteiger partial charge in [0, 0.05) is 48.6 Å². The van der Waals surface area contributed by atoms with Crippen molar-refractivity contribution in [2.45, 2.75) is 0 Å². The third-order valence-corrected chi connectivity index (χ3v) is 11.1. The average Bonchev–Trinajstić information content (AvgIpc) is 3.63. The van der Waals surface area contributed by atoms with Crippen molar-refractivity contribution in [1.29, 1.82) is 0 Å². The lowest BCUT2D eigenvalue weighted by atomic mass is 9.92. The number of aromatic nitrogens is 3. The van der Waals surface area contributed by atoms with Crippen molar-refractivity contribution in [2.24, 2.45) is 0 Å². The highest BCUT2D eigenvalue weighted by molar-refractivity contribution is 7.26. The Kier molecular flexibility index (Phi) is 7.67. The van der Waals surface area contributed by atoms with Gasteiger partial charge in [-0.05, 0) is 81.6 Å². The maximum Gasteiger partial charge on any atom is 0.160 e. The molecule has 248 valence electrons.